The summed E-state index contributed by atoms with van der Waals surface area (Å²) in [5.74, 6) is -1.10. The van der Waals surface area contributed by atoms with Crippen molar-refractivity contribution in [2.45, 2.75) is 17.6 Å². The maximum absolute atomic E-state index is 12.4. The molecule has 0 aliphatic heterocycles. The van der Waals surface area contributed by atoms with Crippen molar-refractivity contribution in [1.29, 1.82) is 0 Å². The first-order valence-corrected chi connectivity index (χ1v) is 7.69. The van der Waals surface area contributed by atoms with Crippen molar-refractivity contribution in [3.05, 3.63) is 47.4 Å². The van der Waals surface area contributed by atoms with Gasteiger partial charge in [-0.3, -0.25) is 0 Å². The summed E-state index contributed by atoms with van der Waals surface area (Å²) in [4.78, 5) is 11.0. The summed E-state index contributed by atoms with van der Waals surface area (Å²) in [5.41, 5.74) is -0.0415. The molecule has 6 nitrogen and oxygen atoms in total. The van der Waals surface area contributed by atoms with Gasteiger partial charge < -0.3 is 14.3 Å². The molecule has 0 atom stereocenters. The first-order valence-electron chi connectivity index (χ1n) is 6.03. The van der Waals surface area contributed by atoms with Crippen molar-refractivity contribution in [3.63, 3.8) is 0 Å². The molecular formula is C14H14O6S. The summed E-state index contributed by atoms with van der Waals surface area (Å²) in [7, 11) is -2.31. The number of hydrogen-bond acceptors (Lipinski definition) is 5. The zero-order chi connectivity index (χ0) is 15.6. The normalized spacial score (nSPS) is 11.3. The molecule has 1 N–H and O–H groups in total. The molecule has 0 saturated heterocycles. The standard InChI is InChI=1S/C14H14O6S/c1-9-11(14(15)16)7-10(20-9)8-21(17,18)13-6-4-3-5-12(13)19-2/h3-7H,8H2,1-2H3,(H,15,16). The summed E-state index contributed by atoms with van der Waals surface area (Å²) in [6, 6.07) is 7.46. The van der Waals surface area contributed by atoms with Gasteiger partial charge in [0, 0.05) is 0 Å². The molecule has 0 amide bonds. The van der Waals surface area contributed by atoms with E-state index in [1.165, 1.54) is 26.2 Å². The highest BCUT2D eigenvalue weighted by atomic mass is 32.2. The molecule has 0 spiro atoms. The number of carboxylic acid groups (broad SMARTS) is 1. The van der Waals surface area contributed by atoms with E-state index >= 15 is 0 Å². The lowest BCUT2D eigenvalue weighted by Gasteiger charge is -2.07. The Morgan fingerprint density at radius 1 is 1.33 bits per heavy atom. The maximum atomic E-state index is 12.4. The number of benzene rings is 1. The van der Waals surface area contributed by atoms with Crippen molar-refractivity contribution in [2.24, 2.45) is 0 Å². The number of aryl methyl sites for hydroxylation is 1. The van der Waals surface area contributed by atoms with Gasteiger partial charge in [0.25, 0.3) is 0 Å². The summed E-state index contributed by atoms with van der Waals surface area (Å²) < 4.78 is 35.0. The van der Waals surface area contributed by atoms with E-state index in [0.717, 1.165) is 0 Å². The minimum atomic E-state index is -3.70. The van der Waals surface area contributed by atoms with Gasteiger partial charge in [0.05, 0.1) is 7.11 Å². The molecule has 0 bridgehead atoms. The van der Waals surface area contributed by atoms with Crippen LogP contribution in [-0.2, 0) is 15.6 Å². The molecule has 7 heteroatoms. The third-order valence-electron chi connectivity index (χ3n) is 2.94. The molecule has 2 rings (SSSR count). The van der Waals surface area contributed by atoms with E-state index in [9.17, 15) is 13.2 Å². The fraction of sp³-hybridized carbons (Fsp3) is 0.214. The fourth-order valence-corrected chi connectivity index (χ4v) is 3.38. The van der Waals surface area contributed by atoms with E-state index in [1.54, 1.807) is 18.2 Å². The van der Waals surface area contributed by atoms with E-state index in [0.29, 0.717) is 0 Å². The number of para-hydroxylation sites is 1. The Morgan fingerprint density at radius 3 is 2.57 bits per heavy atom. The molecule has 1 heterocycles. The van der Waals surface area contributed by atoms with E-state index in [1.807, 2.05) is 0 Å². The minimum Gasteiger partial charge on any atom is -0.495 e. The summed E-state index contributed by atoms with van der Waals surface area (Å²) in [5, 5.41) is 8.95. The number of hydrogen-bond donors (Lipinski definition) is 1. The molecule has 1 aromatic heterocycles. The van der Waals surface area contributed by atoms with Crippen molar-refractivity contribution >= 4 is 15.8 Å². The third-order valence-corrected chi connectivity index (χ3v) is 4.61. The van der Waals surface area contributed by atoms with Gasteiger partial charge in [-0.1, -0.05) is 12.1 Å². The van der Waals surface area contributed by atoms with Crippen molar-refractivity contribution in [2.75, 3.05) is 7.11 Å². The van der Waals surface area contributed by atoms with Gasteiger partial charge in [-0.05, 0) is 25.1 Å². The molecule has 1 aromatic carbocycles. The van der Waals surface area contributed by atoms with E-state index < -0.39 is 21.6 Å². The molecule has 0 radical (unpaired) electrons. The molecule has 0 saturated carbocycles. The van der Waals surface area contributed by atoms with Gasteiger partial charge in [0.1, 0.15) is 33.5 Å². The first kappa shape index (κ1) is 15.1. The van der Waals surface area contributed by atoms with E-state index in [4.69, 9.17) is 14.3 Å². The second kappa shape index (κ2) is 5.61. The highest BCUT2D eigenvalue weighted by Crippen LogP contribution is 2.27. The lowest BCUT2D eigenvalue weighted by atomic mass is 10.2. The molecule has 0 fully saturated rings. The van der Waals surface area contributed by atoms with Gasteiger partial charge >= 0.3 is 5.97 Å². The number of methoxy groups -OCH3 is 1. The van der Waals surface area contributed by atoms with Crippen LogP contribution in [0.25, 0.3) is 0 Å². The number of sulfone groups is 1. The predicted octanol–water partition coefficient (Wildman–Crippen LogP) is 2.27. The third kappa shape index (κ3) is 3.08. The Kier molecular flexibility index (Phi) is 4.04. The van der Waals surface area contributed by atoms with Gasteiger partial charge in [-0.2, -0.15) is 0 Å². The lowest BCUT2D eigenvalue weighted by molar-refractivity contribution is 0.0695. The molecule has 0 aliphatic carbocycles. The smallest absolute Gasteiger partial charge is 0.339 e. The molecule has 2 aromatic rings. The Labute approximate surface area is 121 Å². The van der Waals surface area contributed by atoms with E-state index in [-0.39, 0.29) is 27.7 Å². The number of furan rings is 1. The van der Waals surface area contributed by atoms with Gasteiger partial charge in [0.15, 0.2) is 9.84 Å². The quantitative estimate of drug-likeness (QED) is 0.910. The predicted molar refractivity (Wildman–Crippen MR) is 74.3 cm³/mol. The number of ether oxygens (including phenoxy) is 1. The SMILES string of the molecule is COc1ccccc1S(=O)(=O)Cc1cc(C(=O)O)c(C)o1. The van der Waals surface area contributed by atoms with Gasteiger partial charge in [-0.15, -0.1) is 0 Å². The Bertz CT molecular complexity index is 773. The molecule has 0 aliphatic rings. The van der Waals surface area contributed by atoms with Gasteiger partial charge in [-0.25, -0.2) is 13.2 Å². The van der Waals surface area contributed by atoms with Gasteiger partial charge in [0.2, 0.25) is 0 Å². The molecule has 0 unspecified atom stereocenters. The Morgan fingerprint density at radius 2 is 2.00 bits per heavy atom. The molecule has 112 valence electrons. The van der Waals surface area contributed by atoms with Crippen LogP contribution < -0.4 is 4.74 Å². The van der Waals surface area contributed by atoms with Crippen molar-refractivity contribution < 1.29 is 27.5 Å². The summed E-state index contributed by atoms with van der Waals surface area (Å²) >= 11 is 0. The average Bonchev–Trinajstić information content (AvgIpc) is 2.79. The number of rotatable bonds is 5. The van der Waals surface area contributed by atoms with Crippen LogP contribution in [0.1, 0.15) is 21.9 Å². The second-order valence-corrected chi connectivity index (χ2v) is 6.36. The zero-order valence-electron chi connectivity index (χ0n) is 11.5. The number of carbonyl (C=O) groups is 1. The van der Waals surface area contributed by atoms with Crippen LogP contribution in [0, 0.1) is 6.92 Å². The Hall–Kier alpha value is -2.28. The first-order chi connectivity index (χ1) is 9.85. The summed E-state index contributed by atoms with van der Waals surface area (Å²) in [6.07, 6.45) is 0. The van der Waals surface area contributed by atoms with Crippen LogP contribution in [-0.4, -0.2) is 26.6 Å². The Balaban J connectivity index is 2.38. The van der Waals surface area contributed by atoms with Crippen molar-refractivity contribution in [3.8, 4) is 5.75 Å². The molecule has 21 heavy (non-hydrogen) atoms. The van der Waals surface area contributed by atoms with Crippen molar-refractivity contribution in [1.82, 2.24) is 0 Å². The fourth-order valence-electron chi connectivity index (χ4n) is 1.97. The lowest BCUT2D eigenvalue weighted by Crippen LogP contribution is -2.06. The maximum Gasteiger partial charge on any atom is 0.339 e. The van der Waals surface area contributed by atoms with Crippen LogP contribution >= 0.6 is 0 Å². The summed E-state index contributed by atoms with van der Waals surface area (Å²) in [6.45, 7) is 1.47. The van der Waals surface area contributed by atoms with Crippen LogP contribution in [0.4, 0.5) is 0 Å². The van der Waals surface area contributed by atoms with Crippen LogP contribution in [0.15, 0.2) is 39.6 Å². The highest BCUT2D eigenvalue weighted by molar-refractivity contribution is 7.90. The molecular weight excluding hydrogens is 296 g/mol. The average molecular weight is 310 g/mol. The van der Waals surface area contributed by atoms with Crippen LogP contribution in [0.2, 0.25) is 0 Å². The van der Waals surface area contributed by atoms with E-state index in [2.05, 4.69) is 0 Å². The van der Waals surface area contributed by atoms with Crippen LogP contribution in [0.5, 0.6) is 5.75 Å². The number of carboxylic acids is 1. The van der Waals surface area contributed by atoms with Crippen LogP contribution in [0.3, 0.4) is 0 Å². The monoisotopic (exact) mass is 310 g/mol. The highest BCUT2D eigenvalue weighted by Gasteiger charge is 2.23. The topological polar surface area (TPSA) is 93.8 Å². The largest absolute Gasteiger partial charge is 0.495 e. The zero-order valence-corrected chi connectivity index (χ0v) is 12.3. The number of aromatic carboxylic acids is 1. The minimum absolute atomic E-state index is 0.0402. The second-order valence-electron chi connectivity index (χ2n) is 4.40.